The second kappa shape index (κ2) is 6.06. The Bertz CT molecular complexity index is 410. The van der Waals surface area contributed by atoms with Crippen molar-refractivity contribution in [2.75, 3.05) is 13.6 Å². The normalized spacial score (nSPS) is 25.2. The summed E-state index contributed by atoms with van der Waals surface area (Å²) in [6.45, 7) is 8.88. The number of piperidine rings is 1. The first-order valence-electron chi connectivity index (χ1n) is 7.43. The van der Waals surface area contributed by atoms with Crippen LogP contribution in [0.4, 0.5) is 0 Å². The lowest BCUT2D eigenvalue weighted by Gasteiger charge is -2.35. The van der Waals surface area contributed by atoms with Crippen molar-refractivity contribution < 1.29 is 0 Å². The smallest absolute Gasteiger partial charge is 0.0694 e. The average molecular weight is 264 g/mol. The van der Waals surface area contributed by atoms with Gasteiger partial charge in [-0.25, -0.2) is 0 Å². The largest absolute Gasteiger partial charge is 0.310 e. The number of hydrogen-bond acceptors (Lipinski definition) is 3. The van der Waals surface area contributed by atoms with Crippen molar-refractivity contribution in [1.29, 1.82) is 0 Å². The molecule has 1 aliphatic heterocycles. The Kier molecular flexibility index (Phi) is 4.63. The van der Waals surface area contributed by atoms with E-state index in [4.69, 9.17) is 0 Å². The Hall–Kier alpha value is -0.870. The zero-order valence-corrected chi connectivity index (χ0v) is 13.0. The number of rotatable bonds is 4. The monoisotopic (exact) mass is 264 g/mol. The molecule has 2 heterocycles. The van der Waals surface area contributed by atoms with E-state index in [2.05, 4.69) is 49.3 Å². The molecule has 108 valence electrons. The summed E-state index contributed by atoms with van der Waals surface area (Å²) in [6.07, 6.45) is 4.65. The molecule has 2 atom stereocenters. The number of aryl methyl sites for hydroxylation is 1. The number of nitrogens with one attached hydrogen (secondary N) is 1. The first kappa shape index (κ1) is 14.5. The molecule has 0 aromatic carbocycles. The van der Waals surface area contributed by atoms with E-state index in [9.17, 15) is 0 Å². The molecule has 0 spiro atoms. The van der Waals surface area contributed by atoms with Gasteiger partial charge >= 0.3 is 0 Å². The van der Waals surface area contributed by atoms with Gasteiger partial charge < -0.3 is 10.2 Å². The van der Waals surface area contributed by atoms with Crippen molar-refractivity contribution in [3.63, 3.8) is 0 Å². The fourth-order valence-corrected chi connectivity index (χ4v) is 2.91. The van der Waals surface area contributed by atoms with E-state index in [0.717, 1.165) is 6.54 Å². The fourth-order valence-electron chi connectivity index (χ4n) is 2.91. The van der Waals surface area contributed by atoms with Gasteiger partial charge in [0.15, 0.2) is 0 Å². The van der Waals surface area contributed by atoms with Crippen LogP contribution in [0.15, 0.2) is 6.20 Å². The minimum Gasteiger partial charge on any atom is -0.310 e. The second-order valence-electron chi connectivity index (χ2n) is 6.30. The van der Waals surface area contributed by atoms with Crippen molar-refractivity contribution in [3.05, 3.63) is 17.5 Å². The zero-order valence-electron chi connectivity index (χ0n) is 13.0. The SMILES string of the molecule is CC(C)c1nn(C)cc1CNC1CCN(C)C(C)C1. The third-order valence-corrected chi connectivity index (χ3v) is 4.27. The summed E-state index contributed by atoms with van der Waals surface area (Å²) in [6, 6.07) is 1.33. The van der Waals surface area contributed by atoms with Gasteiger partial charge in [-0.1, -0.05) is 13.8 Å². The summed E-state index contributed by atoms with van der Waals surface area (Å²) in [7, 11) is 4.23. The molecular formula is C15H28N4. The summed E-state index contributed by atoms with van der Waals surface area (Å²) in [5.74, 6) is 0.495. The van der Waals surface area contributed by atoms with Gasteiger partial charge in [-0.3, -0.25) is 4.68 Å². The van der Waals surface area contributed by atoms with Gasteiger partial charge in [0, 0.05) is 37.4 Å². The number of nitrogens with zero attached hydrogens (tertiary/aromatic N) is 3. The predicted molar refractivity (Wildman–Crippen MR) is 79.3 cm³/mol. The van der Waals surface area contributed by atoms with Crippen LogP contribution in [-0.2, 0) is 13.6 Å². The van der Waals surface area contributed by atoms with Crippen LogP contribution in [0.2, 0.25) is 0 Å². The molecule has 1 aromatic heterocycles. The van der Waals surface area contributed by atoms with Crippen molar-refractivity contribution in [2.24, 2.45) is 7.05 Å². The van der Waals surface area contributed by atoms with Gasteiger partial charge in [0.1, 0.15) is 0 Å². The van der Waals surface area contributed by atoms with E-state index in [1.54, 1.807) is 0 Å². The first-order valence-corrected chi connectivity index (χ1v) is 7.43. The molecule has 4 nitrogen and oxygen atoms in total. The Labute approximate surface area is 117 Å². The topological polar surface area (TPSA) is 33.1 Å². The van der Waals surface area contributed by atoms with Gasteiger partial charge in [-0.15, -0.1) is 0 Å². The maximum absolute atomic E-state index is 4.57. The van der Waals surface area contributed by atoms with Gasteiger partial charge in [-0.2, -0.15) is 5.10 Å². The van der Waals surface area contributed by atoms with E-state index in [0.29, 0.717) is 18.0 Å². The summed E-state index contributed by atoms with van der Waals surface area (Å²) < 4.78 is 1.93. The van der Waals surface area contributed by atoms with Crippen molar-refractivity contribution >= 4 is 0 Å². The van der Waals surface area contributed by atoms with Crippen molar-refractivity contribution in [3.8, 4) is 0 Å². The molecule has 2 rings (SSSR count). The van der Waals surface area contributed by atoms with Crippen LogP contribution in [0.1, 0.15) is 50.8 Å². The molecule has 19 heavy (non-hydrogen) atoms. The molecule has 1 aromatic rings. The molecule has 1 aliphatic rings. The Morgan fingerprint density at radius 1 is 1.42 bits per heavy atom. The van der Waals surface area contributed by atoms with E-state index in [1.807, 2.05) is 11.7 Å². The standard InChI is InChI=1S/C15H28N4/c1-11(2)15-13(10-19(5)17-15)9-16-14-6-7-18(4)12(3)8-14/h10-12,14,16H,6-9H2,1-5H3. The third-order valence-electron chi connectivity index (χ3n) is 4.27. The minimum atomic E-state index is 0.495. The number of hydrogen-bond donors (Lipinski definition) is 1. The van der Waals surface area contributed by atoms with Gasteiger partial charge in [-0.05, 0) is 39.3 Å². The molecule has 4 heteroatoms. The van der Waals surface area contributed by atoms with Gasteiger partial charge in [0.25, 0.3) is 0 Å². The predicted octanol–water partition coefficient (Wildman–Crippen LogP) is 2.12. The number of aromatic nitrogens is 2. The van der Waals surface area contributed by atoms with Crippen LogP contribution in [0, 0.1) is 0 Å². The highest BCUT2D eigenvalue weighted by molar-refractivity contribution is 5.20. The lowest BCUT2D eigenvalue weighted by atomic mass is 9.98. The summed E-state index contributed by atoms with van der Waals surface area (Å²) in [4.78, 5) is 2.45. The highest BCUT2D eigenvalue weighted by atomic mass is 15.3. The number of likely N-dealkylation sites (tertiary alicyclic amines) is 1. The molecule has 2 unspecified atom stereocenters. The Morgan fingerprint density at radius 2 is 2.16 bits per heavy atom. The van der Waals surface area contributed by atoms with Gasteiger partial charge in [0.05, 0.1) is 5.69 Å². The maximum Gasteiger partial charge on any atom is 0.0694 e. The summed E-state index contributed by atoms with van der Waals surface area (Å²) in [5, 5.41) is 8.29. The molecule has 0 aliphatic carbocycles. The van der Waals surface area contributed by atoms with Crippen molar-refractivity contribution in [1.82, 2.24) is 20.0 Å². The van der Waals surface area contributed by atoms with E-state index >= 15 is 0 Å². The highest BCUT2D eigenvalue weighted by Crippen LogP contribution is 2.19. The van der Waals surface area contributed by atoms with Crippen LogP contribution in [0.25, 0.3) is 0 Å². The molecule has 1 saturated heterocycles. The second-order valence-corrected chi connectivity index (χ2v) is 6.30. The van der Waals surface area contributed by atoms with Crippen LogP contribution in [-0.4, -0.2) is 40.4 Å². The molecule has 1 fully saturated rings. The van der Waals surface area contributed by atoms with Crippen LogP contribution >= 0.6 is 0 Å². The molecule has 0 saturated carbocycles. The fraction of sp³-hybridized carbons (Fsp3) is 0.800. The minimum absolute atomic E-state index is 0.495. The van der Waals surface area contributed by atoms with Crippen LogP contribution < -0.4 is 5.32 Å². The summed E-state index contributed by atoms with van der Waals surface area (Å²) >= 11 is 0. The molecule has 1 N–H and O–H groups in total. The van der Waals surface area contributed by atoms with Crippen LogP contribution in [0.3, 0.4) is 0 Å². The lowest BCUT2D eigenvalue weighted by molar-refractivity contribution is 0.168. The third kappa shape index (κ3) is 3.57. The highest BCUT2D eigenvalue weighted by Gasteiger charge is 2.22. The quantitative estimate of drug-likeness (QED) is 0.904. The average Bonchev–Trinajstić information content (AvgIpc) is 2.72. The Balaban J connectivity index is 1.92. The molecular weight excluding hydrogens is 236 g/mol. The zero-order chi connectivity index (χ0) is 14.0. The van der Waals surface area contributed by atoms with Crippen LogP contribution in [0.5, 0.6) is 0 Å². The molecule has 0 radical (unpaired) electrons. The maximum atomic E-state index is 4.57. The lowest BCUT2D eigenvalue weighted by Crippen LogP contribution is -2.45. The molecule has 0 amide bonds. The van der Waals surface area contributed by atoms with E-state index < -0.39 is 0 Å². The van der Waals surface area contributed by atoms with Crippen molar-refractivity contribution in [2.45, 2.75) is 58.2 Å². The summed E-state index contributed by atoms with van der Waals surface area (Å²) in [5.41, 5.74) is 2.58. The Morgan fingerprint density at radius 3 is 2.79 bits per heavy atom. The molecule has 0 bridgehead atoms. The van der Waals surface area contributed by atoms with E-state index in [1.165, 1.54) is 30.6 Å². The first-order chi connectivity index (χ1) is 8.97. The van der Waals surface area contributed by atoms with E-state index in [-0.39, 0.29) is 0 Å². The van der Waals surface area contributed by atoms with Gasteiger partial charge in [0.2, 0.25) is 0 Å².